The van der Waals surface area contributed by atoms with Crippen molar-refractivity contribution in [2.45, 2.75) is 55.3 Å². The van der Waals surface area contributed by atoms with Crippen LogP contribution in [0.25, 0.3) is 22.0 Å². The van der Waals surface area contributed by atoms with Gasteiger partial charge in [-0.1, -0.05) is 48.5 Å². The quantitative estimate of drug-likeness (QED) is 0.363. The predicted octanol–water partition coefficient (Wildman–Crippen LogP) is 4.82. The second-order valence-electron chi connectivity index (χ2n) is 13.1. The van der Waals surface area contributed by atoms with Crippen molar-refractivity contribution < 1.29 is 23.0 Å². The normalized spacial score (nSPS) is 29.2. The van der Waals surface area contributed by atoms with Crippen LogP contribution in [0.2, 0.25) is 0 Å². The molecule has 4 atom stereocenters. The van der Waals surface area contributed by atoms with Gasteiger partial charge in [-0.3, -0.25) is 4.90 Å². The fourth-order valence-electron chi connectivity index (χ4n) is 9.04. The fraction of sp³-hybridized carbons (Fsp3) is 0.412. The summed E-state index contributed by atoms with van der Waals surface area (Å²) in [5.41, 5.74) is 4.48. The second-order valence-corrected chi connectivity index (χ2v) is 14.9. The van der Waals surface area contributed by atoms with E-state index in [0.717, 1.165) is 47.2 Å². The van der Waals surface area contributed by atoms with Gasteiger partial charge in [-0.25, -0.2) is 12.4 Å². The highest BCUT2D eigenvalue weighted by atomic mass is 32.2. The van der Waals surface area contributed by atoms with Crippen LogP contribution in [0, 0.1) is 5.92 Å². The maximum Gasteiger partial charge on any atom is 0.236 e. The molecule has 2 fully saturated rings. The number of likely N-dealkylation sites (tertiary alicyclic amines) is 1. The molecule has 5 aliphatic rings. The molecule has 0 radical (unpaired) electrons. The molecular formula is C34H34N2O5S. The number of benzene rings is 3. The highest BCUT2D eigenvalue weighted by molar-refractivity contribution is 7.89. The minimum absolute atomic E-state index is 0.0711. The molecule has 0 amide bonds. The van der Waals surface area contributed by atoms with Gasteiger partial charge < -0.3 is 14.6 Å². The first-order chi connectivity index (χ1) is 20.2. The molecule has 2 bridgehead atoms. The Kier molecular flexibility index (Phi) is 4.91. The molecule has 7 nitrogen and oxygen atoms in total. The molecule has 3 heterocycles. The van der Waals surface area contributed by atoms with E-state index in [1.54, 1.807) is 7.11 Å². The van der Waals surface area contributed by atoms with E-state index in [4.69, 9.17) is 9.47 Å². The van der Waals surface area contributed by atoms with E-state index in [0.29, 0.717) is 41.5 Å². The Morgan fingerprint density at radius 2 is 1.88 bits per heavy atom. The maximum absolute atomic E-state index is 13.7. The minimum Gasteiger partial charge on any atom is -0.493 e. The zero-order valence-corrected chi connectivity index (χ0v) is 24.7. The second kappa shape index (κ2) is 8.18. The first kappa shape index (κ1) is 25.2. The first-order valence-corrected chi connectivity index (χ1v) is 16.9. The third-order valence-electron chi connectivity index (χ3n) is 10.9. The van der Waals surface area contributed by atoms with Crippen LogP contribution in [0.5, 0.6) is 11.5 Å². The van der Waals surface area contributed by atoms with Crippen LogP contribution in [-0.2, 0) is 28.3 Å². The Hall–Kier alpha value is -3.33. The lowest BCUT2D eigenvalue weighted by Crippen LogP contribution is -2.74. The largest absolute Gasteiger partial charge is 0.493 e. The van der Waals surface area contributed by atoms with E-state index in [1.807, 2.05) is 48.5 Å². The van der Waals surface area contributed by atoms with Gasteiger partial charge in [-0.2, -0.15) is 0 Å². The topological polar surface area (TPSA) is 81.0 Å². The van der Waals surface area contributed by atoms with Gasteiger partial charge >= 0.3 is 0 Å². The number of aliphatic hydroxyl groups is 1. The van der Waals surface area contributed by atoms with Crippen LogP contribution in [0.15, 0.2) is 60.7 Å². The zero-order chi connectivity index (χ0) is 28.6. The lowest BCUT2D eigenvalue weighted by molar-refractivity contribution is -0.173. The van der Waals surface area contributed by atoms with Crippen molar-refractivity contribution in [3.63, 3.8) is 0 Å². The van der Waals surface area contributed by atoms with Gasteiger partial charge in [-0.15, -0.1) is 0 Å². The van der Waals surface area contributed by atoms with Crippen LogP contribution in [0.1, 0.15) is 47.8 Å². The molecule has 3 aromatic carbocycles. The molecule has 1 aromatic heterocycles. The summed E-state index contributed by atoms with van der Waals surface area (Å²) >= 11 is 0. The Morgan fingerprint density at radius 1 is 1.07 bits per heavy atom. The van der Waals surface area contributed by atoms with E-state index in [1.165, 1.54) is 28.6 Å². The number of nitrogens with zero attached hydrogens (tertiary/aromatic N) is 2. The standard InChI is InChI=1S/C34H34N2O5S/c1-40-27-13-11-23-17-28-34(37)18-25-24-12-10-22(21-6-4-3-5-7-21)16-26(24)36(42(2,38)39)30(25)32-33(34,29(23)31(27)41-32)14-15-35(28)19-20-8-9-20/h3-7,10-13,16,20,28,32,37H,8-9,14-15,17-19H2,1-2H3/t28-,32?,33+,34?/m1/s1. The average molecular weight is 583 g/mol. The lowest BCUT2D eigenvalue weighted by Gasteiger charge is -2.62. The van der Waals surface area contributed by atoms with E-state index >= 15 is 0 Å². The third-order valence-corrected chi connectivity index (χ3v) is 12.0. The molecule has 2 aliphatic heterocycles. The van der Waals surface area contributed by atoms with Gasteiger partial charge in [0.05, 0.1) is 35.6 Å². The van der Waals surface area contributed by atoms with E-state index in [-0.39, 0.29) is 6.04 Å². The van der Waals surface area contributed by atoms with Crippen molar-refractivity contribution in [3.8, 4) is 22.6 Å². The monoisotopic (exact) mass is 582 g/mol. The SMILES string of the molecule is COc1ccc2c3c1OC1c4c(c5ccc(-c6ccccc6)cc5n4S(C)(=O)=O)CC4(O)[C@@H](C2)N(CC2CC2)CC[C@]314. The van der Waals surface area contributed by atoms with Gasteiger partial charge in [0.15, 0.2) is 17.6 Å². The number of ether oxygens (including phenoxy) is 2. The number of aromatic nitrogens is 1. The van der Waals surface area contributed by atoms with Crippen LogP contribution in [0.3, 0.4) is 0 Å². The van der Waals surface area contributed by atoms with E-state index in [9.17, 15) is 13.5 Å². The molecule has 1 saturated carbocycles. The van der Waals surface area contributed by atoms with Gasteiger partial charge in [0.1, 0.15) is 0 Å². The van der Waals surface area contributed by atoms with Crippen LogP contribution < -0.4 is 9.47 Å². The molecule has 4 aromatic rings. The van der Waals surface area contributed by atoms with Gasteiger partial charge in [-0.05, 0) is 72.5 Å². The maximum atomic E-state index is 13.7. The number of methoxy groups -OCH3 is 1. The summed E-state index contributed by atoms with van der Waals surface area (Å²) < 4.78 is 41.7. The average Bonchev–Trinajstić information content (AvgIpc) is 3.63. The van der Waals surface area contributed by atoms with Crippen molar-refractivity contribution in [2.24, 2.45) is 5.92 Å². The Labute approximate surface area is 245 Å². The number of rotatable bonds is 5. The number of fused-ring (bicyclic) bond motifs is 4. The summed E-state index contributed by atoms with van der Waals surface area (Å²) in [6.07, 6.45) is 4.96. The van der Waals surface area contributed by atoms with Gasteiger partial charge in [0, 0.05) is 30.0 Å². The third kappa shape index (κ3) is 3.05. The highest BCUT2D eigenvalue weighted by Crippen LogP contribution is 2.69. The molecule has 216 valence electrons. The molecule has 42 heavy (non-hydrogen) atoms. The van der Waals surface area contributed by atoms with E-state index < -0.39 is 27.1 Å². The van der Waals surface area contributed by atoms with E-state index in [2.05, 4.69) is 17.0 Å². The fourth-order valence-corrected chi connectivity index (χ4v) is 10.1. The molecule has 1 saturated heterocycles. The molecule has 8 heteroatoms. The summed E-state index contributed by atoms with van der Waals surface area (Å²) in [5.74, 6) is 2.00. The Morgan fingerprint density at radius 3 is 2.62 bits per heavy atom. The van der Waals surface area contributed by atoms with Crippen molar-refractivity contribution >= 4 is 20.9 Å². The van der Waals surface area contributed by atoms with Crippen LogP contribution in [-0.4, -0.2) is 60.5 Å². The smallest absolute Gasteiger partial charge is 0.236 e. The molecular weight excluding hydrogens is 548 g/mol. The summed E-state index contributed by atoms with van der Waals surface area (Å²) in [4.78, 5) is 2.53. The molecule has 9 rings (SSSR count). The zero-order valence-electron chi connectivity index (χ0n) is 23.8. The summed E-state index contributed by atoms with van der Waals surface area (Å²) in [6.45, 7) is 1.86. The predicted molar refractivity (Wildman–Crippen MR) is 161 cm³/mol. The van der Waals surface area contributed by atoms with Crippen molar-refractivity contribution in [1.82, 2.24) is 8.87 Å². The summed E-state index contributed by atoms with van der Waals surface area (Å²) in [5, 5.41) is 14.1. The van der Waals surface area contributed by atoms with Crippen molar-refractivity contribution in [1.29, 1.82) is 0 Å². The molecule has 3 aliphatic carbocycles. The Bertz CT molecular complexity index is 1910. The number of hydrogen-bond donors (Lipinski definition) is 1. The van der Waals surface area contributed by atoms with Crippen LogP contribution in [0.4, 0.5) is 0 Å². The molecule has 2 unspecified atom stereocenters. The summed E-state index contributed by atoms with van der Waals surface area (Å²) in [6, 6.07) is 20.1. The first-order valence-electron chi connectivity index (χ1n) is 15.0. The van der Waals surface area contributed by atoms with Crippen LogP contribution >= 0.6 is 0 Å². The summed E-state index contributed by atoms with van der Waals surface area (Å²) in [7, 11) is -2.09. The van der Waals surface area contributed by atoms with Crippen molar-refractivity contribution in [2.75, 3.05) is 26.5 Å². The Balaban J connectivity index is 1.34. The number of hydrogen-bond acceptors (Lipinski definition) is 6. The molecule has 1 N–H and O–H groups in total. The van der Waals surface area contributed by atoms with Crippen molar-refractivity contribution in [3.05, 3.63) is 83.0 Å². The van der Waals surface area contributed by atoms with Gasteiger partial charge in [0.25, 0.3) is 0 Å². The number of piperidine rings is 1. The minimum atomic E-state index is -3.73. The highest BCUT2D eigenvalue weighted by Gasteiger charge is 2.73. The molecule has 1 spiro atoms. The lowest BCUT2D eigenvalue weighted by atomic mass is 9.49. The van der Waals surface area contributed by atoms with Gasteiger partial charge in [0.2, 0.25) is 10.0 Å².